The minimum Gasteiger partial charge on any atom is -0.465 e. The van der Waals surface area contributed by atoms with Crippen molar-refractivity contribution in [3.05, 3.63) is 89.6 Å². The normalized spacial score (nSPS) is 18.8. The van der Waals surface area contributed by atoms with Crippen molar-refractivity contribution >= 4 is 23.8 Å². The Morgan fingerprint density at radius 3 is 2.30 bits per heavy atom. The van der Waals surface area contributed by atoms with E-state index in [4.69, 9.17) is 4.74 Å². The summed E-state index contributed by atoms with van der Waals surface area (Å²) in [5.41, 5.74) is 2.73. The smallest absolute Gasteiger partial charge is 0.337 e. The van der Waals surface area contributed by atoms with E-state index < -0.39 is 0 Å². The number of urea groups is 1. The van der Waals surface area contributed by atoms with E-state index >= 15 is 0 Å². The lowest BCUT2D eigenvalue weighted by Crippen LogP contribution is -2.49. The van der Waals surface area contributed by atoms with Gasteiger partial charge >= 0.3 is 12.0 Å². The third-order valence-electron chi connectivity index (χ3n) is 7.79. The lowest BCUT2D eigenvalue weighted by atomic mass is 9.98. The van der Waals surface area contributed by atoms with E-state index in [-0.39, 0.29) is 29.6 Å². The predicted molar refractivity (Wildman–Crippen MR) is 157 cm³/mol. The molecule has 2 saturated heterocycles. The summed E-state index contributed by atoms with van der Waals surface area (Å²) in [6.45, 7) is 9.86. The second-order valence-electron chi connectivity index (χ2n) is 11.5. The molecule has 2 aromatic carbocycles. The number of hydrogen-bond acceptors (Lipinski definition) is 6. The van der Waals surface area contributed by atoms with Crippen molar-refractivity contribution in [3.8, 4) is 0 Å². The zero-order valence-electron chi connectivity index (χ0n) is 23.7. The highest BCUT2D eigenvalue weighted by Crippen LogP contribution is 2.37. The summed E-state index contributed by atoms with van der Waals surface area (Å²) >= 11 is 1.57. The summed E-state index contributed by atoms with van der Waals surface area (Å²) < 4.78 is 4.76. The predicted octanol–water partition coefficient (Wildman–Crippen LogP) is 6.26. The fourth-order valence-electron chi connectivity index (χ4n) is 5.60. The molecule has 0 bridgehead atoms. The number of methoxy groups -OCH3 is 1. The maximum atomic E-state index is 13.6. The number of pyridine rings is 1. The molecule has 2 fully saturated rings. The average molecular weight is 559 g/mol. The van der Waals surface area contributed by atoms with Crippen molar-refractivity contribution in [2.24, 2.45) is 0 Å². The summed E-state index contributed by atoms with van der Waals surface area (Å²) in [5.74, 6) is -0.335. The number of carbonyl (C=O) groups is 2. The molecule has 2 amide bonds. The van der Waals surface area contributed by atoms with E-state index in [0.29, 0.717) is 5.56 Å². The van der Waals surface area contributed by atoms with Gasteiger partial charge in [-0.1, -0.05) is 48.2 Å². The van der Waals surface area contributed by atoms with Gasteiger partial charge in [0.2, 0.25) is 0 Å². The molecule has 0 saturated carbocycles. The van der Waals surface area contributed by atoms with Crippen molar-refractivity contribution < 1.29 is 14.3 Å². The second-order valence-corrected chi connectivity index (χ2v) is 12.6. The standard InChI is InChI=1S/C32H38N4O3S/c1-32(2,3)35-22-28(24-8-6-5-7-9-24)36(31(35)38)26-16-18-34(19-17-26)21-23-10-15-29(33-20-23)40-27-13-11-25(12-14-27)30(37)39-4/h5-15,20,26,28H,16-19,21-22H2,1-4H3. The van der Waals surface area contributed by atoms with Gasteiger partial charge in [0.05, 0.1) is 18.7 Å². The number of rotatable bonds is 7. The summed E-state index contributed by atoms with van der Waals surface area (Å²) in [6.07, 6.45) is 3.89. The van der Waals surface area contributed by atoms with Crippen LogP contribution in [-0.4, -0.2) is 70.0 Å². The number of hydrogen-bond donors (Lipinski definition) is 0. The summed E-state index contributed by atoms with van der Waals surface area (Å²) in [4.78, 5) is 37.6. The van der Waals surface area contributed by atoms with Gasteiger partial charge in [-0.05, 0) is 75.1 Å². The maximum Gasteiger partial charge on any atom is 0.337 e. The van der Waals surface area contributed by atoms with Crippen LogP contribution in [0.2, 0.25) is 0 Å². The number of ether oxygens (including phenoxy) is 1. The molecule has 0 radical (unpaired) electrons. The number of aromatic nitrogens is 1. The molecule has 3 heterocycles. The van der Waals surface area contributed by atoms with E-state index in [2.05, 4.69) is 72.0 Å². The Kier molecular flexibility index (Phi) is 8.47. The van der Waals surface area contributed by atoms with Gasteiger partial charge < -0.3 is 14.5 Å². The van der Waals surface area contributed by atoms with E-state index in [9.17, 15) is 9.59 Å². The molecule has 0 N–H and O–H groups in total. The SMILES string of the molecule is COC(=O)c1ccc(Sc2ccc(CN3CCC(N4C(=O)N(C(C)(C)C)CC4c4ccccc4)CC3)cn2)cc1. The van der Waals surface area contributed by atoms with Gasteiger partial charge in [0.25, 0.3) is 0 Å². The van der Waals surface area contributed by atoms with Gasteiger partial charge in [0, 0.05) is 48.9 Å². The molecule has 7 nitrogen and oxygen atoms in total. The first-order valence-corrected chi connectivity index (χ1v) is 14.7. The molecule has 3 aromatic rings. The highest BCUT2D eigenvalue weighted by molar-refractivity contribution is 7.99. The van der Waals surface area contributed by atoms with Crippen LogP contribution in [0, 0.1) is 0 Å². The number of carbonyl (C=O) groups excluding carboxylic acids is 2. The first kappa shape index (κ1) is 28.2. The van der Waals surface area contributed by atoms with Crippen LogP contribution in [0.3, 0.4) is 0 Å². The maximum absolute atomic E-state index is 13.6. The van der Waals surface area contributed by atoms with Crippen LogP contribution >= 0.6 is 11.8 Å². The number of nitrogens with zero attached hydrogens (tertiary/aromatic N) is 4. The topological polar surface area (TPSA) is 66.0 Å². The monoisotopic (exact) mass is 558 g/mol. The van der Waals surface area contributed by atoms with Crippen LogP contribution in [0.25, 0.3) is 0 Å². The van der Waals surface area contributed by atoms with Gasteiger partial charge in [-0.2, -0.15) is 0 Å². The highest BCUT2D eigenvalue weighted by Gasteiger charge is 2.46. The number of amides is 2. The third kappa shape index (κ3) is 6.34. The molecule has 5 rings (SSSR count). The Labute approximate surface area is 241 Å². The van der Waals surface area contributed by atoms with Crippen molar-refractivity contribution in [3.63, 3.8) is 0 Å². The Morgan fingerprint density at radius 1 is 1.00 bits per heavy atom. The minimum absolute atomic E-state index is 0.0930. The summed E-state index contributed by atoms with van der Waals surface area (Å²) in [6, 6.07) is 22.5. The quantitative estimate of drug-likeness (QED) is 0.319. The molecular weight excluding hydrogens is 520 g/mol. The Bertz CT molecular complexity index is 1300. The van der Waals surface area contributed by atoms with E-state index in [1.807, 2.05) is 29.3 Å². The average Bonchev–Trinajstić information content (AvgIpc) is 3.32. The molecule has 1 unspecified atom stereocenters. The zero-order valence-corrected chi connectivity index (χ0v) is 24.6. The first-order valence-electron chi connectivity index (χ1n) is 13.9. The second kappa shape index (κ2) is 12.0. The Morgan fingerprint density at radius 2 is 1.70 bits per heavy atom. The Balaban J connectivity index is 1.18. The van der Waals surface area contributed by atoms with Crippen LogP contribution in [0.5, 0.6) is 0 Å². The minimum atomic E-state index is -0.335. The Hall–Kier alpha value is -3.36. The van der Waals surface area contributed by atoms with Crippen LogP contribution < -0.4 is 0 Å². The number of benzene rings is 2. The molecule has 40 heavy (non-hydrogen) atoms. The zero-order chi connectivity index (χ0) is 28.3. The van der Waals surface area contributed by atoms with E-state index in [1.54, 1.807) is 23.9 Å². The van der Waals surface area contributed by atoms with Crippen molar-refractivity contribution in [2.45, 2.75) is 67.7 Å². The van der Waals surface area contributed by atoms with Crippen LogP contribution in [0.15, 0.2) is 82.8 Å². The number of esters is 1. The first-order chi connectivity index (χ1) is 19.2. The van der Waals surface area contributed by atoms with Gasteiger partial charge in [-0.3, -0.25) is 4.90 Å². The lowest BCUT2D eigenvalue weighted by Gasteiger charge is -2.39. The molecular formula is C32H38N4O3S. The fourth-order valence-corrected chi connectivity index (χ4v) is 6.36. The van der Waals surface area contributed by atoms with E-state index in [1.165, 1.54) is 18.2 Å². The molecule has 2 aliphatic heterocycles. The molecule has 2 aliphatic rings. The molecule has 0 aliphatic carbocycles. The largest absolute Gasteiger partial charge is 0.465 e. The van der Waals surface area contributed by atoms with Crippen molar-refractivity contribution in [2.75, 3.05) is 26.7 Å². The number of piperidine rings is 1. The van der Waals surface area contributed by atoms with Gasteiger partial charge in [0.15, 0.2) is 0 Å². The van der Waals surface area contributed by atoms with Crippen LogP contribution in [0.1, 0.15) is 61.1 Å². The lowest BCUT2D eigenvalue weighted by molar-refractivity contribution is 0.0600. The van der Waals surface area contributed by atoms with Crippen molar-refractivity contribution in [1.29, 1.82) is 0 Å². The fraction of sp³-hybridized carbons (Fsp3) is 0.406. The number of likely N-dealkylation sites (tertiary alicyclic amines) is 1. The third-order valence-corrected chi connectivity index (χ3v) is 8.75. The van der Waals surface area contributed by atoms with Gasteiger partial charge in [-0.25, -0.2) is 14.6 Å². The van der Waals surface area contributed by atoms with Gasteiger partial charge in [0.1, 0.15) is 5.03 Å². The molecule has 0 spiro atoms. The highest BCUT2D eigenvalue weighted by atomic mass is 32.2. The van der Waals surface area contributed by atoms with E-state index in [0.717, 1.165) is 48.9 Å². The van der Waals surface area contributed by atoms with Gasteiger partial charge in [-0.15, -0.1) is 0 Å². The van der Waals surface area contributed by atoms with Crippen molar-refractivity contribution in [1.82, 2.24) is 19.7 Å². The molecule has 1 aromatic heterocycles. The molecule has 210 valence electrons. The summed E-state index contributed by atoms with van der Waals surface area (Å²) in [5, 5.41) is 0.913. The summed E-state index contributed by atoms with van der Waals surface area (Å²) in [7, 11) is 1.38. The van der Waals surface area contributed by atoms with Crippen LogP contribution in [0.4, 0.5) is 4.79 Å². The molecule has 1 atom stereocenters. The van der Waals surface area contributed by atoms with Crippen LogP contribution in [-0.2, 0) is 11.3 Å². The molecule has 8 heteroatoms.